The lowest BCUT2D eigenvalue weighted by Crippen LogP contribution is -2.32. The van der Waals surface area contributed by atoms with Gasteiger partial charge in [0.15, 0.2) is 5.82 Å². The third-order valence-electron chi connectivity index (χ3n) is 4.02. The Hall–Kier alpha value is -1.56. The lowest BCUT2D eigenvalue weighted by atomic mass is 10.1. The fourth-order valence-electron chi connectivity index (χ4n) is 2.73. The second-order valence-corrected chi connectivity index (χ2v) is 5.55. The molecule has 2 heterocycles. The Morgan fingerprint density at radius 3 is 2.95 bits per heavy atom. The maximum atomic E-state index is 13.4. The van der Waals surface area contributed by atoms with Gasteiger partial charge in [0.1, 0.15) is 0 Å². The molecule has 4 nitrogen and oxygen atoms in total. The summed E-state index contributed by atoms with van der Waals surface area (Å²) in [6, 6.07) is 1.93. The third-order valence-corrected chi connectivity index (χ3v) is 4.02. The van der Waals surface area contributed by atoms with Crippen LogP contribution >= 0.6 is 0 Å². The Bertz CT molecular complexity index is 519. The number of rotatable bonds is 4. The van der Waals surface area contributed by atoms with Gasteiger partial charge in [-0.3, -0.25) is 4.79 Å². The molecule has 1 N–H and O–H groups in total. The van der Waals surface area contributed by atoms with Gasteiger partial charge in [-0.25, -0.2) is 9.37 Å². The highest BCUT2D eigenvalue weighted by molar-refractivity contribution is 5.94. The molecule has 0 bridgehead atoms. The van der Waals surface area contributed by atoms with Crippen molar-refractivity contribution in [3.8, 4) is 0 Å². The number of hydrogen-bond donors (Lipinski definition) is 1. The number of nitrogens with zero attached hydrogens (tertiary/aromatic N) is 2. The SMILES string of the molecule is O=C(NCC1CCN(C2CC2)C1)c1ccnc(F)c1F. The maximum Gasteiger partial charge on any atom is 0.254 e. The molecule has 1 saturated heterocycles. The van der Waals surface area contributed by atoms with Crippen molar-refractivity contribution in [3.63, 3.8) is 0 Å². The molecular weight excluding hydrogens is 264 g/mol. The largest absolute Gasteiger partial charge is 0.352 e. The van der Waals surface area contributed by atoms with Crippen LogP contribution in [-0.4, -0.2) is 41.5 Å². The van der Waals surface area contributed by atoms with E-state index in [1.165, 1.54) is 18.9 Å². The second kappa shape index (κ2) is 5.44. The molecule has 108 valence electrons. The summed E-state index contributed by atoms with van der Waals surface area (Å²) in [6.07, 6.45) is 4.70. The molecule has 3 rings (SSSR count). The van der Waals surface area contributed by atoms with Gasteiger partial charge in [-0.2, -0.15) is 4.39 Å². The number of carbonyl (C=O) groups excluding carboxylic acids is 1. The quantitative estimate of drug-likeness (QED) is 0.852. The number of hydrogen-bond acceptors (Lipinski definition) is 3. The predicted octanol–water partition coefficient (Wildman–Crippen LogP) is 1.57. The van der Waals surface area contributed by atoms with Crippen LogP contribution in [0.1, 0.15) is 29.6 Å². The van der Waals surface area contributed by atoms with Crippen LogP contribution in [0.25, 0.3) is 0 Å². The summed E-state index contributed by atoms with van der Waals surface area (Å²) in [4.78, 5) is 17.5. The molecule has 0 spiro atoms. The summed E-state index contributed by atoms with van der Waals surface area (Å²) in [5.74, 6) is -2.60. The van der Waals surface area contributed by atoms with Crippen molar-refractivity contribution >= 4 is 5.91 Å². The highest BCUT2D eigenvalue weighted by Gasteiger charge is 2.34. The van der Waals surface area contributed by atoms with E-state index >= 15 is 0 Å². The van der Waals surface area contributed by atoms with Gasteiger partial charge in [0.2, 0.25) is 5.95 Å². The molecule has 2 aliphatic rings. The van der Waals surface area contributed by atoms with Crippen LogP contribution in [-0.2, 0) is 0 Å². The topological polar surface area (TPSA) is 45.2 Å². The normalized spacial score (nSPS) is 23.0. The highest BCUT2D eigenvalue weighted by atomic mass is 19.2. The van der Waals surface area contributed by atoms with Crippen LogP contribution in [0, 0.1) is 17.7 Å². The van der Waals surface area contributed by atoms with E-state index in [9.17, 15) is 13.6 Å². The molecule has 1 aromatic rings. The van der Waals surface area contributed by atoms with Crippen LogP contribution in [0.3, 0.4) is 0 Å². The van der Waals surface area contributed by atoms with Gasteiger partial charge in [0.05, 0.1) is 5.56 Å². The predicted molar refractivity (Wildman–Crippen MR) is 69.2 cm³/mol. The summed E-state index contributed by atoms with van der Waals surface area (Å²) in [5.41, 5.74) is -0.283. The minimum Gasteiger partial charge on any atom is -0.352 e. The van der Waals surface area contributed by atoms with Crippen molar-refractivity contribution in [1.82, 2.24) is 15.2 Å². The molecule has 1 aliphatic heterocycles. The monoisotopic (exact) mass is 281 g/mol. The minimum absolute atomic E-state index is 0.283. The van der Waals surface area contributed by atoms with Gasteiger partial charge in [-0.15, -0.1) is 0 Å². The molecule has 1 unspecified atom stereocenters. The fraction of sp³-hybridized carbons (Fsp3) is 0.571. The van der Waals surface area contributed by atoms with Gasteiger partial charge < -0.3 is 10.2 Å². The highest BCUT2D eigenvalue weighted by Crippen LogP contribution is 2.31. The van der Waals surface area contributed by atoms with Crippen LogP contribution in [0.5, 0.6) is 0 Å². The van der Waals surface area contributed by atoms with Crippen molar-refractivity contribution in [3.05, 3.63) is 29.6 Å². The number of carbonyl (C=O) groups is 1. The molecule has 0 aromatic carbocycles. The van der Waals surface area contributed by atoms with Crippen molar-refractivity contribution in [1.29, 1.82) is 0 Å². The van der Waals surface area contributed by atoms with Gasteiger partial charge in [0.25, 0.3) is 5.91 Å². The van der Waals surface area contributed by atoms with Gasteiger partial charge in [-0.1, -0.05) is 0 Å². The third kappa shape index (κ3) is 2.80. The molecular formula is C14H17F2N3O. The van der Waals surface area contributed by atoms with E-state index in [0.29, 0.717) is 12.5 Å². The molecule has 20 heavy (non-hydrogen) atoms. The summed E-state index contributed by atoms with van der Waals surface area (Å²) in [6.45, 7) is 2.56. The first-order valence-corrected chi connectivity index (χ1v) is 6.97. The standard InChI is InChI=1S/C14H17F2N3O/c15-12-11(3-5-17-13(12)16)14(20)18-7-9-4-6-19(8-9)10-1-2-10/h3,5,9-10H,1-2,4,6-8H2,(H,18,20). The zero-order chi connectivity index (χ0) is 14.1. The Balaban J connectivity index is 1.53. The van der Waals surface area contributed by atoms with E-state index in [-0.39, 0.29) is 5.56 Å². The average molecular weight is 281 g/mol. The zero-order valence-corrected chi connectivity index (χ0v) is 11.1. The molecule has 1 atom stereocenters. The molecule has 1 aliphatic carbocycles. The van der Waals surface area contributed by atoms with Crippen LogP contribution in [0.4, 0.5) is 8.78 Å². The average Bonchev–Trinajstić information content (AvgIpc) is 3.18. The van der Waals surface area contributed by atoms with E-state index in [0.717, 1.165) is 31.7 Å². The smallest absolute Gasteiger partial charge is 0.254 e. The second-order valence-electron chi connectivity index (χ2n) is 5.55. The van der Waals surface area contributed by atoms with Gasteiger partial charge in [-0.05, 0) is 37.8 Å². The lowest BCUT2D eigenvalue weighted by molar-refractivity contribution is 0.0942. The first kappa shape index (κ1) is 13.4. The summed E-state index contributed by atoms with van der Waals surface area (Å²) in [7, 11) is 0. The first-order chi connectivity index (χ1) is 9.65. The maximum absolute atomic E-state index is 13.4. The van der Waals surface area contributed by atoms with E-state index in [2.05, 4.69) is 15.2 Å². The summed E-state index contributed by atoms with van der Waals surface area (Å²) in [5, 5.41) is 2.69. The molecule has 6 heteroatoms. The number of pyridine rings is 1. The van der Waals surface area contributed by atoms with Crippen molar-refractivity contribution in [2.45, 2.75) is 25.3 Å². The van der Waals surface area contributed by atoms with E-state index in [1.54, 1.807) is 0 Å². The number of halogens is 2. The Kier molecular flexibility index (Phi) is 3.65. The zero-order valence-electron chi connectivity index (χ0n) is 11.1. The van der Waals surface area contributed by atoms with Crippen LogP contribution in [0.15, 0.2) is 12.3 Å². The summed E-state index contributed by atoms with van der Waals surface area (Å²) >= 11 is 0. The number of nitrogens with one attached hydrogen (secondary N) is 1. The van der Waals surface area contributed by atoms with E-state index in [4.69, 9.17) is 0 Å². The Morgan fingerprint density at radius 1 is 1.40 bits per heavy atom. The molecule has 0 radical (unpaired) electrons. The van der Waals surface area contributed by atoms with Crippen molar-refractivity contribution in [2.75, 3.05) is 19.6 Å². The van der Waals surface area contributed by atoms with E-state index in [1.807, 2.05) is 0 Å². The fourth-order valence-corrected chi connectivity index (χ4v) is 2.73. The van der Waals surface area contributed by atoms with Crippen LogP contribution in [0.2, 0.25) is 0 Å². The van der Waals surface area contributed by atoms with Gasteiger partial charge >= 0.3 is 0 Å². The lowest BCUT2D eigenvalue weighted by Gasteiger charge is -2.15. The molecule has 1 aromatic heterocycles. The van der Waals surface area contributed by atoms with Gasteiger partial charge in [0, 0.05) is 25.3 Å². The number of likely N-dealkylation sites (tertiary alicyclic amines) is 1. The van der Waals surface area contributed by atoms with Crippen LogP contribution < -0.4 is 5.32 Å². The first-order valence-electron chi connectivity index (χ1n) is 6.97. The number of amides is 1. The minimum atomic E-state index is -1.24. The molecule has 1 amide bonds. The Morgan fingerprint density at radius 2 is 2.20 bits per heavy atom. The number of aromatic nitrogens is 1. The van der Waals surface area contributed by atoms with Crippen molar-refractivity contribution < 1.29 is 13.6 Å². The van der Waals surface area contributed by atoms with Crippen molar-refractivity contribution in [2.24, 2.45) is 5.92 Å². The summed E-state index contributed by atoms with van der Waals surface area (Å²) < 4.78 is 26.4. The molecule has 1 saturated carbocycles. The molecule has 2 fully saturated rings. The Labute approximate surface area is 116 Å². The van der Waals surface area contributed by atoms with E-state index < -0.39 is 17.7 Å².